The first-order chi connectivity index (χ1) is 12.3. The number of amides is 1. The number of carbonyl (C=O) groups excluding carboxylic acids is 2. The molecule has 2 aromatic rings. The van der Waals surface area contributed by atoms with Crippen molar-refractivity contribution in [1.82, 2.24) is 0 Å². The van der Waals surface area contributed by atoms with Gasteiger partial charge in [-0.15, -0.1) is 0 Å². The molecule has 1 amide bonds. The number of hydrogen-bond donors (Lipinski definition) is 1. The summed E-state index contributed by atoms with van der Waals surface area (Å²) >= 11 is 12.1. The molecule has 0 fully saturated rings. The highest BCUT2D eigenvalue weighted by Gasteiger charge is 2.19. The van der Waals surface area contributed by atoms with E-state index in [1.807, 2.05) is 0 Å². The van der Waals surface area contributed by atoms with Crippen molar-refractivity contribution in [3.05, 3.63) is 57.8 Å². The van der Waals surface area contributed by atoms with Gasteiger partial charge in [-0.25, -0.2) is 9.18 Å². The van der Waals surface area contributed by atoms with Crippen LogP contribution in [0.3, 0.4) is 0 Å². The topological polar surface area (TPSA) is 64.6 Å². The number of nitrogens with one attached hydrogen (secondary N) is 1. The molecule has 0 radical (unpaired) electrons. The minimum atomic E-state index is -0.973. The molecule has 1 atom stereocenters. The smallest absolute Gasteiger partial charge is 0.347 e. The summed E-state index contributed by atoms with van der Waals surface area (Å²) in [7, 11) is 0. The molecule has 138 valence electrons. The van der Waals surface area contributed by atoms with Crippen LogP contribution in [0.1, 0.15) is 12.5 Å². The zero-order chi connectivity index (χ0) is 19.3. The first-order valence-corrected chi connectivity index (χ1v) is 8.37. The summed E-state index contributed by atoms with van der Waals surface area (Å²) in [6.45, 7) is 2.69. The molecule has 0 bridgehead atoms. The number of anilines is 1. The summed E-state index contributed by atoms with van der Waals surface area (Å²) in [5, 5.41) is 3.09. The first kappa shape index (κ1) is 20.0. The number of halogens is 3. The van der Waals surface area contributed by atoms with Gasteiger partial charge in [-0.05, 0) is 49.7 Å². The van der Waals surface area contributed by atoms with Crippen LogP contribution >= 0.6 is 23.2 Å². The number of benzene rings is 2. The predicted octanol–water partition coefficient (Wildman–Crippen LogP) is 4.39. The zero-order valence-electron chi connectivity index (χ0n) is 14.0. The standard InChI is InChI=1S/C18H16Cl2FNO4/c1-10-3-8-14(19)17(16(10)20)22-15(23)9-25-18(24)11(2)26-13-6-4-12(21)5-7-13/h3-8,11H,9H2,1-2H3,(H,22,23)/t11-/m0/s1. The van der Waals surface area contributed by atoms with Gasteiger partial charge in [0, 0.05) is 0 Å². The van der Waals surface area contributed by atoms with Crippen LogP contribution in [0.15, 0.2) is 36.4 Å². The summed E-state index contributed by atoms with van der Waals surface area (Å²) in [5.74, 6) is -1.45. The summed E-state index contributed by atoms with van der Waals surface area (Å²) in [6, 6.07) is 8.49. The predicted molar refractivity (Wildman–Crippen MR) is 97.3 cm³/mol. The van der Waals surface area contributed by atoms with Gasteiger partial charge >= 0.3 is 5.97 Å². The van der Waals surface area contributed by atoms with Gasteiger partial charge in [-0.1, -0.05) is 29.3 Å². The molecule has 0 spiro atoms. The Morgan fingerprint density at radius 3 is 2.46 bits per heavy atom. The van der Waals surface area contributed by atoms with Crippen molar-refractivity contribution in [3.8, 4) is 5.75 Å². The fourth-order valence-electron chi connectivity index (χ4n) is 1.97. The third-order valence-corrected chi connectivity index (χ3v) is 4.15. The third kappa shape index (κ3) is 5.34. The molecule has 0 aliphatic heterocycles. The molecular weight excluding hydrogens is 384 g/mol. The second-order valence-electron chi connectivity index (χ2n) is 5.42. The van der Waals surface area contributed by atoms with Crippen molar-refractivity contribution in [1.29, 1.82) is 0 Å². The molecular formula is C18H16Cl2FNO4. The van der Waals surface area contributed by atoms with E-state index in [9.17, 15) is 14.0 Å². The molecule has 0 aromatic heterocycles. The number of rotatable bonds is 6. The number of ether oxygens (including phenoxy) is 2. The van der Waals surface area contributed by atoms with E-state index in [0.29, 0.717) is 10.8 Å². The quantitative estimate of drug-likeness (QED) is 0.731. The fraction of sp³-hybridized carbons (Fsp3) is 0.222. The van der Waals surface area contributed by atoms with Crippen LogP contribution in [-0.2, 0) is 14.3 Å². The van der Waals surface area contributed by atoms with E-state index in [2.05, 4.69) is 5.32 Å². The van der Waals surface area contributed by atoms with Crippen LogP contribution < -0.4 is 10.1 Å². The average molecular weight is 400 g/mol. The van der Waals surface area contributed by atoms with Crippen LogP contribution in [0.4, 0.5) is 10.1 Å². The Bertz CT molecular complexity index is 812. The van der Waals surface area contributed by atoms with Crippen molar-refractivity contribution < 1.29 is 23.5 Å². The van der Waals surface area contributed by atoms with E-state index in [1.54, 1.807) is 19.1 Å². The molecule has 0 aliphatic carbocycles. The van der Waals surface area contributed by atoms with Crippen LogP contribution in [0.5, 0.6) is 5.75 Å². The van der Waals surface area contributed by atoms with Gasteiger partial charge in [-0.2, -0.15) is 0 Å². The summed E-state index contributed by atoms with van der Waals surface area (Å²) < 4.78 is 23.1. The minimum Gasteiger partial charge on any atom is -0.479 e. The number of aryl methyl sites for hydroxylation is 1. The van der Waals surface area contributed by atoms with Gasteiger partial charge in [-0.3, -0.25) is 4.79 Å². The highest BCUT2D eigenvalue weighted by atomic mass is 35.5. The Labute approximate surface area is 160 Å². The molecule has 0 unspecified atom stereocenters. The lowest BCUT2D eigenvalue weighted by Crippen LogP contribution is -2.29. The maximum Gasteiger partial charge on any atom is 0.347 e. The lowest BCUT2D eigenvalue weighted by molar-refractivity contribution is -0.153. The molecule has 0 saturated heterocycles. The average Bonchev–Trinajstić information content (AvgIpc) is 2.61. The Kier molecular flexibility index (Phi) is 6.83. The van der Waals surface area contributed by atoms with Gasteiger partial charge in [0.2, 0.25) is 0 Å². The maximum atomic E-state index is 12.8. The van der Waals surface area contributed by atoms with Gasteiger partial charge in [0.1, 0.15) is 11.6 Å². The molecule has 8 heteroatoms. The van der Waals surface area contributed by atoms with Gasteiger partial charge in [0.15, 0.2) is 12.7 Å². The summed E-state index contributed by atoms with van der Waals surface area (Å²) in [5.41, 5.74) is 0.995. The molecule has 2 aromatic carbocycles. The van der Waals surface area contributed by atoms with Crippen molar-refractivity contribution >= 4 is 40.8 Å². The number of esters is 1. The van der Waals surface area contributed by atoms with Crippen LogP contribution in [0.2, 0.25) is 10.0 Å². The molecule has 5 nitrogen and oxygen atoms in total. The molecule has 0 saturated carbocycles. The molecule has 2 rings (SSSR count). The van der Waals surface area contributed by atoms with E-state index in [1.165, 1.54) is 31.2 Å². The van der Waals surface area contributed by atoms with E-state index in [4.69, 9.17) is 32.7 Å². The van der Waals surface area contributed by atoms with E-state index >= 15 is 0 Å². The highest BCUT2D eigenvalue weighted by Crippen LogP contribution is 2.32. The van der Waals surface area contributed by atoms with Crippen molar-refractivity contribution in [2.75, 3.05) is 11.9 Å². The van der Waals surface area contributed by atoms with E-state index in [0.717, 1.165) is 5.56 Å². The Morgan fingerprint density at radius 2 is 1.81 bits per heavy atom. The van der Waals surface area contributed by atoms with E-state index in [-0.39, 0.29) is 10.7 Å². The largest absolute Gasteiger partial charge is 0.479 e. The van der Waals surface area contributed by atoms with Gasteiger partial charge in [0.25, 0.3) is 5.91 Å². The lowest BCUT2D eigenvalue weighted by atomic mass is 10.2. The lowest BCUT2D eigenvalue weighted by Gasteiger charge is -2.14. The van der Waals surface area contributed by atoms with Crippen molar-refractivity contribution in [2.45, 2.75) is 20.0 Å². The maximum absolute atomic E-state index is 12.8. The number of hydrogen-bond acceptors (Lipinski definition) is 4. The molecule has 0 heterocycles. The first-order valence-electron chi connectivity index (χ1n) is 7.61. The fourth-order valence-corrected chi connectivity index (χ4v) is 2.43. The van der Waals surface area contributed by atoms with Crippen molar-refractivity contribution in [3.63, 3.8) is 0 Å². The normalized spacial score (nSPS) is 11.6. The SMILES string of the molecule is Cc1ccc(Cl)c(NC(=O)COC(=O)[C@H](C)Oc2ccc(F)cc2)c1Cl. The van der Waals surface area contributed by atoms with Gasteiger partial charge < -0.3 is 14.8 Å². The zero-order valence-corrected chi connectivity index (χ0v) is 15.5. The van der Waals surface area contributed by atoms with Crippen LogP contribution in [0, 0.1) is 12.7 Å². The Balaban J connectivity index is 1.87. The Hall–Kier alpha value is -2.31. The van der Waals surface area contributed by atoms with E-state index < -0.39 is 30.4 Å². The van der Waals surface area contributed by atoms with Crippen molar-refractivity contribution in [2.24, 2.45) is 0 Å². The summed E-state index contributed by atoms with van der Waals surface area (Å²) in [4.78, 5) is 23.9. The number of carbonyl (C=O) groups is 2. The van der Waals surface area contributed by atoms with Crippen LogP contribution in [-0.4, -0.2) is 24.6 Å². The molecule has 0 aliphatic rings. The van der Waals surface area contributed by atoms with Crippen LogP contribution in [0.25, 0.3) is 0 Å². The monoisotopic (exact) mass is 399 g/mol. The Morgan fingerprint density at radius 1 is 1.15 bits per heavy atom. The summed E-state index contributed by atoms with van der Waals surface area (Å²) in [6.07, 6.45) is -0.973. The van der Waals surface area contributed by atoms with Gasteiger partial charge in [0.05, 0.1) is 15.7 Å². The highest BCUT2D eigenvalue weighted by molar-refractivity contribution is 6.40. The molecule has 1 N–H and O–H groups in total. The second kappa shape index (κ2) is 8.87. The second-order valence-corrected chi connectivity index (χ2v) is 6.21. The minimum absolute atomic E-state index is 0.255. The molecule has 26 heavy (non-hydrogen) atoms. The third-order valence-electron chi connectivity index (χ3n) is 3.35.